The van der Waals surface area contributed by atoms with E-state index in [4.69, 9.17) is 0 Å². The molecule has 0 spiro atoms. The smallest absolute Gasteiger partial charge is 0.231 e. The highest BCUT2D eigenvalue weighted by molar-refractivity contribution is 6.01. The number of aliphatic hydroxyl groups is 1. The van der Waals surface area contributed by atoms with E-state index in [0.717, 1.165) is 40.8 Å². The van der Waals surface area contributed by atoms with Crippen molar-refractivity contribution in [3.63, 3.8) is 0 Å². The van der Waals surface area contributed by atoms with Gasteiger partial charge in [0.15, 0.2) is 0 Å². The third-order valence-electron chi connectivity index (χ3n) is 4.66. The lowest BCUT2D eigenvalue weighted by Crippen LogP contribution is -2.20. The van der Waals surface area contributed by atoms with Crippen LogP contribution in [0.1, 0.15) is 30.1 Å². The van der Waals surface area contributed by atoms with Crippen LogP contribution in [0, 0.1) is 5.92 Å². The van der Waals surface area contributed by atoms with Gasteiger partial charge in [-0.25, -0.2) is 0 Å². The first-order valence-corrected chi connectivity index (χ1v) is 7.66. The molecule has 1 fully saturated rings. The number of carbonyl (C=O) groups is 1. The summed E-state index contributed by atoms with van der Waals surface area (Å²) in [5.41, 5.74) is 4.95. The lowest BCUT2D eigenvalue weighted by atomic mass is 9.99. The molecule has 4 nitrogen and oxygen atoms in total. The van der Waals surface area contributed by atoms with E-state index in [-0.39, 0.29) is 5.91 Å². The number of rotatable bonds is 3. The maximum absolute atomic E-state index is 11.8. The largest absolute Gasteiger partial charge is 0.388 e. The summed E-state index contributed by atoms with van der Waals surface area (Å²) in [6.45, 7) is 0. The first-order valence-electron chi connectivity index (χ1n) is 7.66. The number of aromatic nitrogens is 1. The van der Waals surface area contributed by atoms with Crippen molar-refractivity contribution in [1.29, 1.82) is 0 Å². The molecule has 1 aliphatic carbocycles. The van der Waals surface area contributed by atoms with Gasteiger partial charge in [0.1, 0.15) is 0 Å². The van der Waals surface area contributed by atoms with Crippen LogP contribution in [-0.2, 0) is 11.2 Å². The molecule has 22 heavy (non-hydrogen) atoms. The molecule has 1 atom stereocenters. The number of benzene rings is 1. The fourth-order valence-electron chi connectivity index (χ4n) is 3.11. The Labute approximate surface area is 129 Å². The fourth-order valence-corrected chi connectivity index (χ4v) is 3.11. The summed E-state index contributed by atoms with van der Waals surface area (Å²) in [6.07, 6.45) is 5.80. The number of fused-ring (bicyclic) bond motifs is 1. The predicted molar refractivity (Wildman–Crippen MR) is 84.5 cm³/mol. The summed E-state index contributed by atoms with van der Waals surface area (Å²) >= 11 is 0. The summed E-state index contributed by atoms with van der Waals surface area (Å²) in [5.74, 6) is 0.520. The number of anilines is 1. The lowest BCUT2D eigenvalue weighted by molar-refractivity contribution is -0.117. The molecular weight excluding hydrogens is 276 g/mol. The maximum atomic E-state index is 11.8. The predicted octanol–water partition coefficient (Wildman–Crippen LogP) is 2.71. The van der Waals surface area contributed by atoms with Gasteiger partial charge in [-0.2, -0.15) is 0 Å². The van der Waals surface area contributed by atoms with Gasteiger partial charge < -0.3 is 10.0 Å². The third-order valence-corrected chi connectivity index (χ3v) is 4.66. The molecule has 2 heterocycles. The highest BCUT2D eigenvalue weighted by Gasteiger charge is 2.31. The first-order chi connectivity index (χ1) is 10.6. The molecule has 0 unspecified atom stereocenters. The van der Waals surface area contributed by atoms with Crippen LogP contribution in [-0.4, -0.2) is 23.0 Å². The molecule has 1 saturated carbocycles. The molecule has 2 aromatic rings. The minimum absolute atomic E-state index is 0.128. The Bertz CT molecular complexity index is 753. The molecule has 4 rings (SSSR count). The van der Waals surface area contributed by atoms with E-state index in [2.05, 4.69) is 11.1 Å². The molecule has 1 aromatic carbocycles. The average Bonchev–Trinajstić information content (AvgIpc) is 3.34. The normalized spacial score (nSPS) is 18.5. The molecule has 1 aliphatic heterocycles. The molecule has 0 bridgehead atoms. The van der Waals surface area contributed by atoms with Crippen LogP contribution in [0.25, 0.3) is 11.1 Å². The van der Waals surface area contributed by atoms with Crippen LogP contribution in [0.2, 0.25) is 0 Å². The number of hydrogen-bond acceptors (Lipinski definition) is 3. The molecule has 1 N–H and O–H groups in total. The van der Waals surface area contributed by atoms with Crippen LogP contribution < -0.4 is 4.90 Å². The van der Waals surface area contributed by atoms with Gasteiger partial charge >= 0.3 is 0 Å². The summed E-state index contributed by atoms with van der Waals surface area (Å²) < 4.78 is 0. The highest BCUT2D eigenvalue weighted by Crippen LogP contribution is 2.41. The standard InChI is InChI=1S/C18H18N2O2/c1-20-16-5-4-12(6-13(16)8-17(20)21)14-7-15(10-19-9-14)18(22)11-2-3-11/h4-7,9-11,18,22H,2-3,8H2,1H3/t18-/m0/s1. The zero-order chi connectivity index (χ0) is 15.3. The van der Waals surface area contributed by atoms with Gasteiger partial charge in [0, 0.05) is 30.7 Å². The monoisotopic (exact) mass is 294 g/mol. The third kappa shape index (κ3) is 2.20. The average molecular weight is 294 g/mol. The van der Waals surface area contributed by atoms with E-state index in [1.165, 1.54) is 0 Å². The summed E-state index contributed by atoms with van der Waals surface area (Å²) in [4.78, 5) is 17.8. The van der Waals surface area contributed by atoms with E-state index in [0.29, 0.717) is 12.3 Å². The number of amides is 1. The van der Waals surface area contributed by atoms with Crippen molar-refractivity contribution in [3.8, 4) is 11.1 Å². The van der Waals surface area contributed by atoms with E-state index in [9.17, 15) is 9.90 Å². The fraction of sp³-hybridized carbons (Fsp3) is 0.333. The van der Waals surface area contributed by atoms with E-state index in [1.54, 1.807) is 11.1 Å². The molecule has 0 radical (unpaired) electrons. The van der Waals surface area contributed by atoms with Crippen LogP contribution in [0.3, 0.4) is 0 Å². The summed E-state index contributed by atoms with van der Waals surface area (Å²) in [7, 11) is 1.81. The molecule has 2 aliphatic rings. The number of likely N-dealkylation sites (N-methyl/N-ethyl adjacent to an activating group) is 1. The van der Waals surface area contributed by atoms with Crippen molar-refractivity contribution < 1.29 is 9.90 Å². The number of nitrogens with zero attached hydrogens (tertiary/aromatic N) is 2. The van der Waals surface area contributed by atoms with E-state index < -0.39 is 6.10 Å². The van der Waals surface area contributed by atoms with Crippen molar-refractivity contribution in [2.75, 3.05) is 11.9 Å². The molecule has 0 saturated heterocycles. The SMILES string of the molecule is CN1C(=O)Cc2cc(-c3cncc([C@@H](O)C4CC4)c3)ccc21. The molecule has 4 heteroatoms. The summed E-state index contributed by atoms with van der Waals surface area (Å²) in [5, 5.41) is 10.3. The Hall–Kier alpha value is -2.20. The first kappa shape index (κ1) is 13.5. The van der Waals surface area contributed by atoms with Crippen molar-refractivity contribution in [1.82, 2.24) is 4.98 Å². The number of pyridine rings is 1. The van der Waals surface area contributed by atoms with Crippen molar-refractivity contribution in [2.45, 2.75) is 25.4 Å². The van der Waals surface area contributed by atoms with Crippen LogP contribution in [0.4, 0.5) is 5.69 Å². The number of aliphatic hydroxyl groups excluding tert-OH is 1. The quantitative estimate of drug-likeness (QED) is 0.947. The number of carbonyl (C=O) groups excluding carboxylic acids is 1. The minimum atomic E-state index is -0.408. The second-order valence-electron chi connectivity index (χ2n) is 6.26. The van der Waals surface area contributed by atoms with E-state index >= 15 is 0 Å². The Morgan fingerprint density at radius 1 is 1.23 bits per heavy atom. The zero-order valence-electron chi connectivity index (χ0n) is 12.5. The molecule has 1 aromatic heterocycles. The Morgan fingerprint density at radius 3 is 2.82 bits per heavy atom. The van der Waals surface area contributed by atoms with Crippen molar-refractivity contribution in [2.24, 2.45) is 5.92 Å². The van der Waals surface area contributed by atoms with Gasteiger partial charge in [0.25, 0.3) is 0 Å². The van der Waals surface area contributed by atoms with Crippen molar-refractivity contribution in [3.05, 3.63) is 47.8 Å². The highest BCUT2D eigenvalue weighted by atomic mass is 16.3. The van der Waals surface area contributed by atoms with Crippen LogP contribution in [0.15, 0.2) is 36.7 Å². The Balaban J connectivity index is 1.69. The summed E-state index contributed by atoms with van der Waals surface area (Å²) in [6, 6.07) is 8.07. The second-order valence-corrected chi connectivity index (χ2v) is 6.26. The van der Waals surface area contributed by atoms with Gasteiger partial charge in [-0.05, 0) is 53.6 Å². The molecule has 1 amide bonds. The second kappa shape index (κ2) is 4.92. The molecular formula is C18H18N2O2. The topological polar surface area (TPSA) is 53.4 Å². The number of hydrogen-bond donors (Lipinski definition) is 1. The van der Waals surface area contributed by atoms with Crippen molar-refractivity contribution >= 4 is 11.6 Å². The van der Waals surface area contributed by atoms with Gasteiger partial charge in [-0.3, -0.25) is 9.78 Å². The van der Waals surface area contributed by atoms with Gasteiger partial charge in [0.05, 0.1) is 12.5 Å². The minimum Gasteiger partial charge on any atom is -0.388 e. The van der Waals surface area contributed by atoms with Gasteiger partial charge in [-0.15, -0.1) is 0 Å². The maximum Gasteiger partial charge on any atom is 0.231 e. The van der Waals surface area contributed by atoms with Crippen LogP contribution in [0.5, 0.6) is 0 Å². The van der Waals surface area contributed by atoms with E-state index in [1.807, 2.05) is 31.4 Å². The van der Waals surface area contributed by atoms with Gasteiger partial charge in [0.2, 0.25) is 5.91 Å². The lowest BCUT2D eigenvalue weighted by Gasteiger charge is -2.12. The molecule has 112 valence electrons. The zero-order valence-corrected chi connectivity index (χ0v) is 12.5. The Kier molecular flexibility index (Phi) is 3.01. The van der Waals surface area contributed by atoms with Crippen LogP contribution >= 0.6 is 0 Å². The Morgan fingerprint density at radius 2 is 2.05 bits per heavy atom. The van der Waals surface area contributed by atoms with Gasteiger partial charge in [-0.1, -0.05) is 6.07 Å².